The lowest BCUT2D eigenvalue weighted by Crippen LogP contribution is -2.53. The van der Waals surface area contributed by atoms with Crippen LogP contribution in [0.2, 0.25) is 0 Å². The number of carbonyl (C=O) groups is 2. The molecule has 0 fully saturated rings. The zero-order valence-corrected chi connectivity index (χ0v) is 21.9. The Morgan fingerprint density at radius 2 is 1.68 bits per heavy atom. The van der Waals surface area contributed by atoms with Gasteiger partial charge in [-0.2, -0.15) is 0 Å². The van der Waals surface area contributed by atoms with Crippen molar-refractivity contribution in [1.82, 2.24) is 4.90 Å². The number of nitrogens with zero attached hydrogens (tertiary/aromatic N) is 2. The number of hydrogen-bond donors (Lipinski definition) is 0. The Kier molecular flexibility index (Phi) is 6.26. The highest BCUT2D eigenvalue weighted by molar-refractivity contribution is 6.17. The normalized spacial score (nSPS) is 17.9. The highest BCUT2D eigenvalue weighted by atomic mass is 19.1. The molecular weight excluding hydrogens is 518 g/mol. The summed E-state index contributed by atoms with van der Waals surface area (Å²) in [7, 11) is 0. The molecule has 0 aliphatic carbocycles. The largest absolute Gasteiger partial charge is 0.450 e. The molecule has 0 N–H and O–H groups in total. The fraction of sp³-hybridized carbons (Fsp3) is 0.258. The smallest absolute Gasteiger partial charge is 0.291 e. The van der Waals surface area contributed by atoms with Gasteiger partial charge in [-0.3, -0.25) is 14.4 Å². The van der Waals surface area contributed by atoms with Gasteiger partial charge in [0, 0.05) is 18.7 Å². The first-order chi connectivity index (χ1) is 19.2. The van der Waals surface area contributed by atoms with Gasteiger partial charge in [-0.15, -0.1) is 0 Å². The van der Waals surface area contributed by atoms with Gasteiger partial charge in [-0.25, -0.2) is 8.78 Å². The molecule has 0 saturated heterocycles. The van der Waals surface area contributed by atoms with Crippen molar-refractivity contribution >= 4 is 28.5 Å². The standard InChI is InChI=1S/C31H26F2N2O5/c1-18(2)39-15-5-14-35-29(37)28-26(27(36)22-16-21(33)12-13-25(22)40-28)31(35)23-6-3-4-7-24(23)34(30(31)38)17-19-8-10-20(32)11-9-19/h3-4,6-13,16,18H,5,14-15,17H2,1-2H3. The molecule has 1 unspecified atom stereocenters. The third-order valence-electron chi connectivity index (χ3n) is 7.43. The zero-order valence-electron chi connectivity index (χ0n) is 21.9. The number of rotatable bonds is 7. The molecule has 0 radical (unpaired) electrons. The lowest BCUT2D eigenvalue weighted by molar-refractivity contribution is -0.126. The van der Waals surface area contributed by atoms with E-state index in [-0.39, 0.29) is 41.5 Å². The number of carbonyl (C=O) groups excluding carboxylic acids is 2. The molecule has 2 aliphatic heterocycles. The van der Waals surface area contributed by atoms with Crippen LogP contribution in [0.5, 0.6) is 0 Å². The summed E-state index contributed by atoms with van der Waals surface area (Å²) in [4.78, 5) is 45.6. The lowest BCUT2D eigenvalue weighted by atomic mass is 9.84. The van der Waals surface area contributed by atoms with Gasteiger partial charge < -0.3 is 19.0 Å². The number of para-hydroxylation sites is 1. The highest BCUT2D eigenvalue weighted by Gasteiger charge is 2.64. The Morgan fingerprint density at radius 1 is 0.950 bits per heavy atom. The van der Waals surface area contributed by atoms with E-state index in [2.05, 4.69) is 0 Å². The van der Waals surface area contributed by atoms with E-state index in [1.807, 2.05) is 13.8 Å². The summed E-state index contributed by atoms with van der Waals surface area (Å²) < 4.78 is 39.5. The Morgan fingerprint density at radius 3 is 2.42 bits per heavy atom. The first kappa shape index (κ1) is 25.9. The minimum absolute atomic E-state index is 0.0242. The molecule has 1 spiro atoms. The summed E-state index contributed by atoms with van der Waals surface area (Å²) in [5, 5.41) is -0.0572. The van der Waals surface area contributed by atoms with E-state index in [4.69, 9.17) is 9.15 Å². The van der Waals surface area contributed by atoms with Gasteiger partial charge in [0.25, 0.3) is 11.8 Å². The van der Waals surface area contributed by atoms with Gasteiger partial charge in [-0.1, -0.05) is 30.3 Å². The quantitative estimate of drug-likeness (QED) is 0.302. The van der Waals surface area contributed by atoms with E-state index < -0.39 is 34.4 Å². The van der Waals surface area contributed by atoms with E-state index in [0.29, 0.717) is 29.8 Å². The SMILES string of the molecule is CC(C)OCCCN1C(=O)c2oc3ccc(F)cc3c(=O)c2C12C(=O)N(Cc1ccc(F)cc1)c1ccccc12. The molecule has 4 aromatic rings. The van der Waals surface area contributed by atoms with Crippen LogP contribution in [0.3, 0.4) is 0 Å². The molecule has 3 heterocycles. The Bertz CT molecular complexity index is 1720. The molecule has 1 aromatic heterocycles. The van der Waals surface area contributed by atoms with Gasteiger partial charge in [-0.05, 0) is 62.2 Å². The van der Waals surface area contributed by atoms with E-state index >= 15 is 0 Å². The Labute approximate surface area is 228 Å². The van der Waals surface area contributed by atoms with Gasteiger partial charge in [0.15, 0.2) is 11.0 Å². The maximum Gasteiger partial charge on any atom is 0.291 e. The van der Waals surface area contributed by atoms with Crippen LogP contribution in [0.15, 0.2) is 75.9 Å². The van der Waals surface area contributed by atoms with Crippen LogP contribution in [0.1, 0.15) is 47.5 Å². The monoisotopic (exact) mass is 544 g/mol. The van der Waals surface area contributed by atoms with Crippen molar-refractivity contribution in [3.8, 4) is 0 Å². The Hall–Kier alpha value is -4.37. The summed E-state index contributed by atoms with van der Waals surface area (Å²) in [6, 6.07) is 16.2. The fourth-order valence-electron chi connectivity index (χ4n) is 5.73. The van der Waals surface area contributed by atoms with Crippen LogP contribution in [0.4, 0.5) is 14.5 Å². The first-order valence-corrected chi connectivity index (χ1v) is 13.1. The third kappa shape index (κ3) is 3.83. The van der Waals surface area contributed by atoms with Gasteiger partial charge >= 0.3 is 0 Å². The van der Waals surface area contributed by atoms with Gasteiger partial charge in [0.2, 0.25) is 5.76 Å². The number of fused-ring (bicyclic) bond motifs is 5. The van der Waals surface area contributed by atoms with Crippen molar-refractivity contribution in [1.29, 1.82) is 0 Å². The second kappa shape index (κ2) is 9.67. The molecular formula is C31H26F2N2O5. The molecule has 0 saturated carbocycles. The molecule has 9 heteroatoms. The topological polar surface area (TPSA) is 80.1 Å². The van der Waals surface area contributed by atoms with E-state index in [9.17, 15) is 23.2 Å². The van der Waals surface area contributed by atoms with Crippen molar-refractivity contribution in [2.45, 2.75) is 38.5 Å². The number of halogens is 2. The van der Waals surface area contributed by atoms with Crippen LogP contribution in [0, 0.1) is 11.6 Å². The van der Waals surface area contributed by atoms with E-state index in [1.54, 1.807) is 36.4 Å². The summed E-state index contributed by atoms with van der Waals surface area (Å²) >= 11 is 0. The van der Waals surface area contributed by atoms with Crippen LogP contribution >= 0.6 is 0 Å². The minimum atomic E-state index is -1.82. The number of hydrogen-bond acceptors (Lipinski definition) is 5. The lowest BCUT2D eigenvalue weighted by Gasteiger charge is -2.34. The maximum absolute atomic E-state index is 14.6. The molecule has 2 amide bonds. The summed E-state index contributed by atoms with van der Waals surface area (Å²) in [5.41, 5.74) is -0.906. The van der Waals surface area contributed by atoms with Crippen LogP contribution in [-0.2, 0) is 21.6 Å². The molecule has 1 atom stereocenters. The average Bonchev–Trinajstić information content (AvgIpc) is 3.32. The van der Waals surface area contributed by atoms with E-state index in [0.717, 1.165) is 12.1 Å². The van der Waals surface area contributed by atoms with Crippen molar-refractivity contribution in [2.75, 3.05) is 18.1 Å². The molecule has 2 aliphatic rings. The number of amides is 2. The predicted octanol–water partition coefficient (Wildman–Crippen LogP) is 5.13. The van der Waals surface area contributed by atoms with Crippen LogP contribution < -0.4 is 10.3 Å². The summed E-state index contributed by atoms with van der Waals surface area (Å²) in [5.74, 6) is -2.40. The van der Waals surface area contributed by atoms with Gasteiger partial charge in [0.1, 0.15) is 17.2 Å². The van der Waals surface area contributed by atoms with Crippen molar-refractivity contribution < 1.29 is 27.5 Å². The molecule has 204 valence electrons. The zero-order chi connectivity index (χ0) is 28.2. The molecule has 7 nitrogen and oxygen atoms in total. The second-order valence-electron chi connectivity index (χ2n) is 10.3. The Balaban J connectivity index is 1.57. The second-order valence-corrected chi connectivity index (χ2v) is 10.3. The summed E-state index contributed by atoms with van der Waals surface area (Å²) in [6.07, 6.45) is 0.374. The van der Waals surface area contributed by atoms with Crippen molar-refractivity contribution in [3.63, 3.8) is 0 Å². The third-order valence-corrected chi connectivity index (χ3v) is 7.43. The number of anilines is 1. The first-order valence-electron chi connectivity index (χ1n) is 13.1. The van der Waals surface area contributed by atoms with Gasteiger partial charge in [0.05, 0.1) is 29.3 Å². The highest BCUT2D eigenvalue weighted by Crippen LogP contribution is 2.52. The van der Waals surface area contributed by atoms with Crippen LogP contribution in [0.25, 0.3) is 11.0 Å². The summed E-state index contributed by atoms with van der Waals surface area (Å²) in [6.45, 7) is 4.31. The number of benzene rings is 3. The van der Waals surface area contributed by atoms with Crippen LogP contribution in [-0.4, -0.2) is 36.0 Å². The fourth-order valence-corrected chi connectivity index (χ4v) is 5.73. The van der Waals surface area contributed by atoms with Crippen molar-refractivity contribution in [3.05, 3.63) is 111 Å². The molecule has 0 bridgehead atoms. The minimum Gasteiger partial charge on any atom is -0.450 e. The van der Waals surface area contributed by atoms with Crippen molar-refractivity contribution in [2.24, 2.45) is 0 Å². The van der Waals surface area contributed by atoms with E-state index in [1.165, 1.54) is 28.0 Å². The molecule has 6 rings (SSSR count). The average molecular weight is 545 g/mol. The predicted molar refractivity (Wildman–Crippen MR) is 144 cm³/mol. The molecule has 3 aromatic carbocycles. The maximum atomic E-state index is 14.6. The number of ether oxygens (including phenoxy) is 1. The molecule has 40 heavy (non-hydrogen) atoms.